The highest BCUT2D eigenvalue weighted by molar-refractivity contribution is 6.19. The van der Waals surface area contributed by atoms with Crippen LogP contribution >= 0.6 is 0 Å². The number of ketones is 2. The van der Waals surface area contributed by atoms with Gasteiger partial charge in [0, 0.05) is 35.0 Å². The molecule has 3 saturated heterocycles. The van der Waals surface area contributed by atoms with Gasteiger partial charge in [-0.15, -0.1) is 0 Å². The molecule has 404 valence electrons. The average molecular weight is 1040 g/mol. The quantitative estimate of drug-likeness (QED) is 0.0469. The fourth-order valence-electron chi connectivity index (χ4n) is 11.6. The zero-order valence-corrected chi connectivity index (χ0v) is 44.4. The summed E-state index contributed by atoms with van der Waals surface area (Å²) in [6.07, 6.45) is 7.22. The molecule has 17 heteroatoms. The third-order valence-corrected chi connectivity index (χ3v) is 15.3. The van der Waals surface area contributed by atoms with E-state index >= 15 is 9.59 Å². The van der Waals surface area contributed by atoms with Crippen molar-refractivity contribution in [1.82, 2.24) is 0 Å². The second kappa shape index (κ2) is 20.5. The third-order valence-electron chi connectivity index (χ3n) is 15.3. The summed E-state index contributed by atoms with van der Waals surface area (Å²) < 4.78 is 62.2. The van der Waals surface area contributed by atoms with Crippen molar-refractivity contribution in [2.45, 2.75) is 160 Å². The number of benzene rings is 2. The molecule has 8 aliphatic rings. The SMILES string of the molecule is CC(C)=CCCC1(C)C=Cc2c(c(CC=C(C)C)c3c(c2OC(=O)c2ccc(O[C@@H]4O[C@@H]5COC(C)(C)O[C@H]5[C@@H](O)[C@H]4O)cc2)C(=O)C2=CC4CC5C(C)(C)OC(C/C=C(/C)C(=O)OCCOCCO)(C4=O)C25O3)O1. The molecule has 5 heterocycles. The predicted molar refractivity (Wildman–Crippen MR) is 271 cm³/mol. The van der Waals surface area contributed by atoms with E-state index in [9.17, 15) is 19.8 Å². The molecule has 10 atom stereocenters. The first-order valence-corrected chi connectivity index (χ1v) is 25.9. The molecule has 4 bridgehead atoms. The fraction of sp³-hybridized carbons (Fsp3) is 0.552. The molecular weight excluding hydrogens is 969 g/mol. The van der Waals surface area contributed by atoms with Crippen LogP contribution in [-0.4, -0.2) is 131 Å². The summed E-state index contributed by atoms with van der Waals surface area (Å²) in [5.41, 5.74) is -1.82. The summed E-state index contributed by atoms with van der Waals surface area (Å²) in [4.78, 5) is 58.8. The van der Waals surface area contributed by atoms with Crippen molar-refractivity contribution in [2.75, 3.05) is 33.0 Å². The van der Waals surface area contributed by atoms with Crippen LogP contribution in [0.25, 0.3) is 6.08 Å². The van der Waals surface area contributed by atoms with Crippen molar-refractivity contribution < 1.29 is 81.9 Å². The van der Waals surface area contributed by atoms with E-state index in [0.29, 0.717) is 36.1 Å². The van der Waals surface area contributed by atoms with Crippen molar-refractivity contribution in [1.29, 1.82) is 0 Å². The highest BCUT2D eigenvalue weighted by Crippen LogP contribution is 2.69. The molecule has 1 spiro atoms. The second-order valence-electron chi connectivity index (χ2n) is 22.3. The second-order valence-corrected chi connectivity index (χ2v) is 22.3. The van der Waals surface area contributed by atoms with Gasteiger partial charge in [0.05, 0.1) is 43.2 Å². The van der Waals surface area contributed by atoms with E-state index in [0.717, 1.165) is 11.1 Å². The van der Waals surface area contributed by atoms with Crippen molar-refractivity contribution in [3.8, 4) is 23.0 Å². The Morgan fingerprint density at radius 3 is 2.32 bits per heavy atom. The molecule has 75 heavy (non-hydrogen) atoms. The van der Waals surface area contributed by atoms with Crippen molar-refractivity contribution in [3.05, 3.63) is 99.2 Å². The predicted octanol–water partition coefficient (Wildman–Crippen LogP) is 7.20. The highest BCUT2D eigenvalue weighted by atomic mass is 16.8. The van der Waals surface area contributed by atoms with Gasteiger partial charge in [0.15, 0.2) is 34.3 Å². The first-order chi connectivity index (χ1) is 35.4. The van der Waals surface area contributed by atoms with Gasteiger partial charge < -0.3 is 62.7 Å². The van der Waals surface area contributed by atoms with Crippen molar-refractivity contribution in [2.24, 2.45) is 11.8 Å². The minimum absolute atomic E-state index is 0.0112. The molecule has 5 unspecified atom stereocenters. The highest BCUT2D eigenvalue weighted by Gasteiger charge is 2.81. The van der Waals surface area contributed by atoms with E-state index in [1.165, 1.54) is 24.3 Å². The van der Waals surface area contributed by atoms with Crippen LogP contribution in [0.3, 0.4) is 0 Å². The first kappa shape index (κ1) is 54.3. The number of hydrogen-bond acceptors (Lipinski definition) is 17. The number of rotatable bonds is 17. The Bertz CT molecular complexity index is 2770. The maximum Gasteiger partial charge on any atom is 0.343 e. The van der Waals surface area contributed by atoms with E-state index in [1.807, 2.05) is 66.7 Å². The molecule has 5 aliphatic heterocycles. The summed E-state index contributed by atoms with van der Waals surface area (Å²) in [6, 6.07) is 5.93. The topological polar surface area (TPSA) is 221 Å². The van der Waals surface area contributed by atoms with Gasteiger partial charge in [-0.05, 0) is 131 Å². The molecule has 0 aromatic heterocycles. The number of Topliss-reactive ketones (excluding diaryl/α,β-unsaturated/α-hetero) is 2. The standard InChI is InChI=1S/C58H70O17/c1-31(2)12-11-21-56(10)22-20-38-46(73-56)37(18-13-32(3)4)48-42(47(38)71-52(65)34-14-16-36(17-15-34)69-53-45(62)44(61)49-40(70-53)30-68-55(8,9)72-49)43(60)39-28-35-29-41-54(6,7)75-57(50(35)63,58(39,41)74-48)23-19-33(5)51(64)67-27-26-66-25-24-59/h12-17,19-20,22,28,35,40-41,44-45,49,53,59,61-62H,11,18,21,23-27,29-30H2,1-10H3/b33-19-/t35?,40-,41?,44+,45-,49-,53-,56?,57?,58?/m1/s1. The molecule has 17 nitrogen and oxygen atoms in total. The normalized spacial score (nSPS) is 31.3. The number of aliphatic hydroxyl groups is 3. The van der Waals surface area contributed by atoms with Gasteiger partial charge in [-0.3, -0.25) is 9.59 Å². The molecule has 0 radical (unpaired) electrons. The summed E-state index contributed by atoms with van der Waals surface area (Å²) >= 11 is 0. The van der Waals surface area contributed by atoms with E-state index in [-0.39, 0.29) is 91.2 Å². The Morgan fingerprint density at radius 1 is 0.880 bits per heavy atom. The maximum atomic E-state index is 15.9. The molecule has 2 aromatic carbocycles. The van der Waals surface area contributed by atoms with Gasteiger partial charge in [0.1, 0.15) is 59.4 Å². The van der Waals surface area contributed by atoms with Crippen molar-refractivity contribution in [3.63, 3.8) is 0 Å². The van der Waals surface area contributed by atoms with Crippen LogP contribution in [0.2, 0.25) is 0 Å². The fourth-order valence-corrected chi connectivity index (χ4v) is 11.6. The number of allylic oxidation sites excluding steroid dienone is 5. The molecule has 1 saturated carbocycles. The first-order valence-electron chi connectivity index (χ1n) is 25.9. The van der Waals surface area contributed by atoms with Gasteiger partial charge in [-0.1, -0.05) is 35.5 Å². The lowest BCUT2D eigenvalue weighted by atomic mass is 9.51. The summed E-state index contributed by atoms with van der Waals surface area (Å²) in [7, 11) is 0. The lowest BCUT2D eigenvalue weighted by Crippen LogP contribution is -2.72. The van der Waals surface area contributed by atoms with Crippen LogP contribution in [-0.2, 0) is 44.4 Å². The van der Waals surface area contributed by atoms with Gasteiger partial charge in [0.25, 0.3) is 0 Å². The Balaban J connectivity index is 1.11. The monoisotopic (exact) mass is 1040 g/mol. The van der Waals surface area contributed by atoms with E-state index in [4.69, 9.17) is 52.5 Å². The molecule has 3 N–H and O–H groups in total. The lowest BCUT2D eigenvalue weighted by molar-refractivity contribution is -0.373. The number of fused-ring (bicyclic) bond motifs is 3. The minimum Gasteiger partial charge on any atom is -0.482 e. The molecule has 4 fully saturated rings. The molecule has 3 aliphatic carbocycles. The zero-order chi connectivity index (χ0) is 54.0. The zero-order valence-electron chi connectivity index (χ0n) is 44.4. The Labute approximate surface area is 437 Å². The summed E-state index contributed by atoms with van der Waals surface area (Å²) in [5.74, 6) is -3.90. The summed E-state index contributed by atoms with van der Waals surface area (Å²) in [5, 5.41) is 31.0. The number of ether oxygens (including phenoxy) is 10. The van der Waals surface area contributed by atoms with Crippen LogP contribution in [0.1, 0.15) is 127 Å². The van der Waals surface area contributed by atoms with E-state index in [2.05, 4.69) is 6.08 Å². The molecule has 10 rings (SSSR count). The third kappa shape index (κ3) is 9.84. The van der Waals surface area contributed by atoms with Crippen LogP contribution < -0.4 is 18.9 Å². The van der Waals surface area contributed by atoms with Crippen LogP contribution in [0.5, 0.6) is 23.0 Å². The van der Waals surface area contributed by atoms with Crippen molar-refractivity contribution >= 4 is 29.6 Å². The summed E-state index contributed by atoms with van der Waals surface area (Å²) in [6.45, 7) is 18.8. The Kier molecular flexibility index (Phi) is 14.8. The number of aliphatic hydroxyl groups excluding tert-OH is 3. The van der Waals surface area contributed by atoms with Gasteiger partial charge in [-0.2, -0.15) is 0 Å². The average Bonchev–Trinajstić information content (AvgIpc) is 3.55. The number of esters is 2. The number of carbonyl (C=O) groups excluding carboxylic acids is 4. The molecule has 0 amide bonds. The smallest absolute Gasteiger partial charge is 0.343 e. The van der Waals surface area contributed by atoms with Crippen LogP contribution in [0, 0.1) is 11.8 Å². The molecular formula is C58H70O17. The minimum atomic E-state index is -1.77. The lowest BCUT2D eigenvalue weighted by Gasteiger charge is -2.56. The Morgan fingerprint density at radius 2 is 1.61 bits per heavy atom. The largest absolute Gasteiger partial charge is 0.482 e. The van der Waals surface area contributed by atoms with Gasteiger partial charge in [0.2, 0.25) is 6.29 Å². The van der Waals surface area contributed by atoms with Crippen LogP contribution in [0.15, 0.2) is 76.9 Å². The molecule has 2 aromatic rings. The van der Waals surface area contributed by atoms with Crippen LogP contribution in [0.4, 0.5) is 0 Å². The van der Waals surface area contributed by atoms with Gasteiger partial charge in [-0.25, -0.2) is 9.59 Å². The maximum absolute atomic E-state index is 15.9. The number of carbonyl (C=O) groups is 4. The van der Waals surface area contributed by atoms with E-state index in [1.54, 1.807) is 32.9 Å². The van der Waals surface area contributed by atoms with Gasteiger partial charge >= 0.3 is 11.9 Å². The number of hydrogen-bond donors (Lipinski definition) is 3. The van der Waals surface area contributed by atoms with E-state index < -0.39 is 88.5 Å². The Hall–Kier alpha value is -5.50.